The fraction of sp³-hybridized carbons (Fsp3) is 0.333. The summed E-state index contributed by atoms with van der Waals surface area (Å²) in [5.74, 6) is -2.91. The molecule has 2 unspecified atom stereocenters. The molecule has 1 aromatic carbocycles. The molecule has 108 valence electrons. The van der Waals surface area contributed by atoms with Crippen LogP contribution in [0.1, 0.15) is 40.7 Å². The fourth-order valence-electron chi connectivity index (χ4n) is 2.23. The van der Waals surface area contributed by atoms with Gasteiger partial charge in [0.05, 0.1) is 24.7 Å². The zero-order valence-electron chi connectivity index (χ0n) is 17.7. The first-order chi connectivity index (χ1) is 12.8. The van der Waals surface area contributed by atoms with Gasteiger partial charge in [0.25, 0.3) is 5.56 Å². The van der Waals surface area contributed by atoms with Crippen LogP contribution in [0.25, 0.3) is 10.9 Å². The van der Waals surface area contributed by atoms with Crippen LogP contribution in [-0.2, 0) is 9.59 Å². The maximum atomic E-state index is 13.1. The van der Waals surface area contributed by atoms with E-state index in [1.54, 1.807) is 0 Å². The molecular weight excluding hydrogens is 270 g/mol. The van der Waals surface area contributed by atoms with Gasteiger partial charge in [-0.3, -0.25) is 19.0 Å². The molecular formula is C15H15N3O3. The van der Waals surface area contributed by atoms with E-state index in [4.69, 9.17) is 15.3 Å². The highest BCUT2D eigenvalue weighted by molar-refractivity contribution is 6.03. The molecule has 2 aromatic rings. The van der Waals surface area contributed by atoms with Crippen LogP contribution in [0.5, 0.6) is 0 Å². The van der Waals surface area contributed by atoms with E-state index >= 15 is 0 Å². The number of carbonyl (C=O) groups is 2. The highest BCUT2D eigenvalue weighted by Crippen LogP contribution is 2.24. The van der Waals surface area contributed by atoms with Crippen molar-refractivity contribution in [2.45, 2.75) is 32.1 Å². The molecule has 0 spiro atoms. The first kappa shape index (κ1) is 7.49. The van der Waals surface area contributed by atoms with E-state index < -0.39 is 55.0 Å². The van der Waals surface area contributed by atoms with Gasteiger partial charge in [0.1, 0.15) is 11.6 Å². The predicted octanol–water partition coefficient (Wildman–Crippen LogP) is 1.15. The molecule has 1 aromatic heterocycles. The quantitative estimate of drug-likeness (QED) is 0.628. The van der Waals surface area contributed by atoms with Crippen molar-refractivity contribution in [1.29, 1.82) is 0 Å². The van der Waals surface area contributed by atoms with E-state index in [0.29, 0.717) is 4.57 Å². The molecule has 0 amide bonds. The summed E-state index contributed by atoms with van der Waals surface area (Å²) < 4.78 is 55.3. The fourth-order valence-corrected chi connectivity index (χ4v) is 2.23. The van der Waals surface area contributed by atoms with Gasteiger partial charge >= 0.3 is 0 Å². The molecule has 0 saturated heterocycles. The Balaban J connectivity index is 2.48. The van der Waals surface area contributed by atoms with Crippen molar-refractivity contribution in [2.75, 3.05) is 5.73 Å². The van der Waals surface area contributed by atoms with Crippen molar-refractivity contribution in [3.05, 3.63) is 34.4 Å². The van der Waals surface area contributed by atoms with Crippen LogP contribution in [0, 0.1) is 6.85 Å². The number of nitrogen functional groups attached to an aromatic ring is 1. The lowest BCUT2D eigenvalue weighted by atomic mass is 9.92. The smallest absolute Gasteiger partial charge is 0.264 e. The number of nitrogens with zero attached hydrogens (tertiary/aromatic N) is 2. The van der Waals surface area contributed by atoms with E-state index in [1.165, 1.54) is 12.1 Å². The third-order valence-corrected chi connectivity index (χ3v) is 3.20. The van der Waals surface area contributed by atoms with Gasteiger partial charge in [0.2, 0.25) is 0 Å². The van der Waals surface area contributed by atoms with Gasteiger partial charge in [-0.15, -0.1) is 0 Å². The summed E-state index contributed by atoms with van der Waals surface area (Å²) in [6.07, 6.45) is -5.64. The van der Waals surface area contributed by atoms with E-state index in [2.05, 4.69) is 4.98 Å². The number of carbonyl (C=O) groups excluding carboxylic acids is 2. The van der Waals surface area contributed by atoms with Gasteiger partial charge in [-0.1, -0.05) is 6.07 Å². The van der Waals surface area contributed by atoms with Crippen LogP contribution in [0.15, 0.2) is 23.0 Å². The van der Waals surface area contributed by atoms with E-state index in [0.717, 1.165) is 0 Å². The molecule has 2 N–H and O–H groups in total. The van der Waals surface area contributed by atoms with Crippen LogP contribution < -0.4 is 11.3 Å². The maximum Gasteiger partial charge on any atom is 0.264 e. The largest absolute Gasteiger partial charge is 0.398 e. The summed E-state index contributed by atoms with van der Waals surface area (Å²) in [5, 5.41) is -0.331. The van der Waals surface area contributed by atoms with Crippen molar-refractivity contribution in [3.8, 4) is 0 Å². The number of hydrogen-bond acceptors (Lipinski definition) is 5. The molecule has 1 aliphatic rings. The van der Waals surface area contributed by atoms with Crippen LogP contribution in [0.4, 0.5) is 5.69 Å². The lowest BCUT2D eigenvalue weighted by Crippen LogP contribution is -2.36. The predicted molar refractivity (Wildman–Crippen MR) is 78.1 cm³/mol. The SMILES string of the molecule is [2H]c1ccc(N)c2c(=O)n(C3C(=O)CC(=O)C([2H])C3([2H])[2H])c(C([2H])([2H])[2H])nc12. The Morgan fingerprint density at radius 3 is 3.10 bits per heavy atom. The highest BCUT2D eigenvalue weighted by Gasteiger charge is 2.30. The third-order valence-electron chi connectivity index (χ3n) is 3.20. The third kappa shape index (κ3) is 2.12. The average molecular weight is 292 g/mol. The number of fused-ring (bicyclic) bond motifs is 1. The molecule has 1 fully saturated rings. The van der Waals surface area contributed by atoms with Gasteiger partial charge in [-0.25, -0.2) is 4.98 Å². The number of hydrogen-bond donors (Lipinski definition) is 1. The van der Waals surface area contributed by atoms with Crippen LogP contribution in [0.3, 0.4) is 0 Å². The van der Waals surface area contributed by atoms with Crippen molar-refractivity contribution in [2.24, 2.45) is 0 Å². The van der Waals surface area contributed by atoms with Crippen LogP contribution in [-0.4, -0.2) is 21.1 Å². The molecule has 3 rings (SSSR count). The van der Waals surface area contributed by atoms with E-state index in [9.17, 15) is 14.4 Å². The Labute approximate surface area is 130 Å². The molecule has 1 aliphatic carbocycles. The lowest BCUT2D eigenvalue weighted by molar-refractivity contribution is -0.132. The number of aryl methyl sites for hydroxylation is 1. The van der Waals surface area contributed by atoms with Gasteiger partial charge in [0.15, 0.2) is 5.78 Å². The monoisotopic (exact) mass is 292 g/mol. The van der Waals surface area contributed by atoms with Crippen molar-refractivity contribution in [3.63, 3.8) is 0 Å². The summed E-state index contributed by atoms with van der Waals surface area (Å²) in [6.45, 7) is -3.04. The summed E-state index contributed by atoms with van der Waals surface area (Å²) in [5.41, 5.74) is 4.24. The zero-order chi connectivity index (χ0) is 21.2. The molecule has 6 nitrogen and oxygen atoms in total. The van der Waals surface area contributed by atoms with Crippen LogP contribution >= 0.6 is 0 Å². The molecule has 21 heavy (non-hydrogen) atoms. The number of Topliss-reactive ketones (excluding diaryl/α,β-unsaturated/α-hetero) is 2. The standard InChI is InChI=1S/C15H15N3O3/c1-8-17-11-4-2-3-10(16)14(11)15(21)18(8)12-6-5-9(19)7-13(12)20/h2-4,12H,5-7,16H2,1H3/i1D3,4D,5D,6D2. The Bertz CT molecular complexity index is 1080. The van der Waals surface area contributed by atoms with Gasteiger partial charge in [-0.2, -0.15) is 0 Å². The Morgan fingerprint density at radius 1 is 1.52 bits per heavy atom. The molecule has 6 heteroatoms. The van der Waals surface area contributed by atoms with E-state index in [-0.39, 0.29) is 22.6 Å². The van der Waals surface area contributed by atoms with Gasteiger partial charge < -0.3 is 5.73 Å². The molecule has 0 bridgehead atoms. The number of benzene rings is 1. The van der Waals surface area contributed by atoms with Gasteiger partial charge in [0, 0.05) is 20.3 Å². The minimum atomic E-state index is -3.04. The molecule has 0 aliphatic heterocycles. The molecule has 1 heterocycles. The number of ketones is 2. The molecule has 1 saturated carbocycles. The normalized spacial score (nSPS) is 30.6. The molecule has 2 atom stereocenters. The number of rotatable bonds is 1. The average Bonchev–Trinajstić information content (AvgIpc) is 2.56. The van der Waals surface area contributed by atoms with Gasteiger partial charge in [-0.05, 0) is 25.3 Å². The Morgan fingerprint density at radius 2 is 2.33 bits per heavy atom. The van der Waals surface area contributed by atoms with Crippen molar-refractivity contribution < 1.29 is 19.2 Å². The zero-order valence-corrected chi connectivity index (χ0v) is 10.7. The van der Waals surface area contributed by atoms with E-state index in [1.807, 2.05) is 0 Å². The number of nitrogens with two attached hydrogens (primary N) is 1. The maximum absolute atomic E-state index is 13.1. The second-order valence-corrected chi connectivity index (χ2v) is 4.59. The highest BCUT2D eigenvalue weighted by atomic mass is 16.2. The topological polar surface area (TPSA) is 95.0 Å². The van der Waals surface area contributed by atoms with Crippen molar-refractivity contribution >= 4 is 28.2 Å². The number of aromatic nitrogens is 2. The Kier molecular flexibility index (Phi) is 1.71. The second-order valence-electron chi connectivity index (χ2n) is 4.59. The summed E-state index contributed by atoms with van der Waals surface area (Å²) in [6, 6.07) is 0.148. The first-order valence-corrected chi connectivity index (χ1v) is 6.08. The lowest BCUT2D eigenvalue weighted by Gasteiger charge is -2.24. The molecule has 0 radical (unpaired) electrons. The second kappa shape index (κ2) is 4.80. The minimum Gasteiger partial charge on any atom is -0.398 e. The summed E-state index contributed by atoms with van der Waals surface area (Å²) in [7, 11) is 0. The van der Waals surface area contributed by atoms with Crippen LogP contribution in [0.2, 0.25) is 0 Å². The summed E-state index contributed by atoms with van der Waals surface area (Å²) in [4.78, 5) is 41.3. The summed E-state index contributed by atoms with van der Waals surface area (Å²) >= 11 is 0. The van der Waals surface area contributed by atoms with Crippen molar-refractivity contribution in [1.82, 2.24) is 9.55 Å². The minimum absolute atomic E-state index is 0.128. The Hall–Kier alpha value is -2.50. The first-order valence-electron chi connectivity index (χ1n) is 9.65. The number of anilines is 1.